The molecular formula is C32H34N6O8S. The highest BCUT2D eigenvalue weighted by Crippen LogP contribution is 2.39. The molecule has 14 nitrogen and oxygen atoms in total. The number of nitro groups is 1. The fraction of sp³-hybridized carbons (Fsp3) is 0.312. The molecule has 1 N–H and O–H groups in total. The molecular weight excluding hydrogens is 628 g/mol. The van der Waals surface area contributed by atoms with Crippen molar-refractivity contribution >= 4 is 27.4 Å². The van der Waals surface area contributed by atoms with Crippen molar-refractivity contribution in [1.29, 1.82) is 0 Å². The minimum absolute atomic E-state index is 0.146. The number of para-hydroxylation sites is 3. The van der Waals surface area contributed by atoms with Crippen molar-refractivity contribution in [3.63, 3.8) is 0 Å². The lowest BCUT2D eigenvalue weighted by Gasteiger charge is -2.39. The van der Waals surface area contributed by atoms with Crippen LogP contribution in [-0.4, -0.2) is 84.7 Å². The third kappa shape index (κ3) is 6.24. The van der Waals surface area contributed by atoms with Gasteiger partial charge in [0.2, 0.25) is 10.0 Å². The Morgan fingerprint density at radius 3 is 2.36 bits per heavy atom. The molecule has 0 amide bonds. The molecule has 6 rings (SSSR count). The van der Waals surface area contributed by atoms with Crippen molar-refractivity contribution in [2.75, 3.05) is 51.8 Å². The molecule has 15 heteroatoms. The molecule has 0 aliphatic carbocycles. The van der Waals surface area contributed by atoms with Crippen LogP contribution in [0.25, 0.3) is 5.69 Å². The Morgan fingerprint density at radius 2 is 1.68 bits per heavy atom. The van der Waals surface area contributed by atoms with E-state index in [1.807, 2.05) is 12.1 Å². The normalized spacial score (nSPS) is 16.9. The van der Waals surface area contributed by atoms with E-state index >= 15 is 0 Å². The van der Waals surface area contributed by atoms with E-state index in [-0.39, 0.29) is 36.3 Å². The van der Waals surface area contributed by atoms with E-state index in [2.05, 4.69) is 10.2 Å². The first-order valence-electron chi connectivity index (χ1n) is 15.2. The van der Waals surface area contributed by atoms with Gasteiger partial charge in [0.15, 0.2) is 22.1 Å². The summed E-state index contributed by atoms with van der Waals surface area (Å²) in [5.41, 5.74) is 1.67. The van der Waals surface area contributed by atoms with Crippen LogP contribution < -0.4 is 14.8 Å². The van der Waals surface area contributed by atoms with Crippen molar-refractivity contribution in [3.05, 3.63) is 94.3 Å². The molecule has 2 aliphatic heterocycles. The average molecular weight is 663 g/mol. The molecule has 246 valence electrons. The Bertz CT molecular complexity index is 1890. The first-order chi connectivity index (χ1) is 22.7. The third-order valence-corrected chi connectivity index (χ3v) is 10.1. The molecule has 3 heterocycles. The highest BCUT2D eigenvalue weighted by atomic mass is 32.2. The number of nitro benzene ring substituents is 1. The van der Waals surface area contributed by atoms with Crippen LogP contribution in [0.3, 0.4) is 0 Å². The summed E-state index contributed by atoms with van der Waals surface area (Å²) in [6.07, 6.45) is 0.675. The largest absolute Gasteiger partial charge is 0.493 e. The number of methoxy groups -OCH3 is 1. The summed E-state index contributed by atoms with van der Waals surface area (Å²) in [4.78, 5) is 26.0. The molecule has 1 fully saturated rings. The van der Waals surface area contributed by atoms with Crippen molar-refractivity contribution in [2.45, 2.75) is 24.3 Å². The Kier molecular flexibility index (Phi) is 9.11. The molecule has 47 heavy (non-hydrogen) atoms. The van der Waals surface area contributed by atoms with Crippen molar-refractivity contribution in [1.82, 2.24) is 19.0 Å². The second-order valence-corrected chi connectivity index (χ2v) is 12.8. The topological polar surface area (TPSA) is 158 Å². The maximum Gasteiger partial charge on any atom is 0.359 e. The van der Waals surface area contributed by atoms with Gasteiger partial charge in [0.1, 0.15) is 11.4 Å². The van der Waals surface area contributed by atoms with Gasteiger partial charge in [-0.05, 0) is 55.8 Å². The van der Waals surface area contributed by atoms with Crippen molar-refractivity contribution in [3.8, 4) is 22.9 Å². The Hall–Kier alpha value is -4.99. The fourth-order valence-electron chi connectivity index (χ4n) is 5.95. The molecule has 0 spiro atoms. The summed E-state index contributed by atoms with van der Waals surface area (Å²) >= 11 is 0. The molecule has 0 saturated carbocycles. The lowest BCUT2D eigenvalue weighted by atomic mass is 10.0. The molecule has 2 aliphatic rings. The van der Waals surface area contributed by atoms with Gasteiger partial charge < -0.3 is 19.5 Å². The molecule has 4 aromatic rings. The number of fused-ring (bicyclic) bond motifs is 1. The van der Waals surface area contributed by atoms with E-state index in [9.17, 15) is 23.3 Å². The van der Waals surface area contributed by atoms with Gasteiger partial charge in [-0.15, -0.1) is 0 Å². The number of benzene rings is 3. The standard InChI is InChI=1S/C32H34N6O8S/c1-3-45-32(39)31-30-29(34-37(31)22-12-14-23(15-13-22)46-27-10-6-5-9-26(27)44-2)25(16-17-33-30)35-18-20-36(21-19-35)47(42,43)28-11-7-4-8-24(28)38(40)41/h4-15,25,33H,3,16-21H2,1-2H3/t25-/m1/s1. The summed E-state index contributed by atoms with van der Waals surface area (Å²) in [6, 6.07) is 19.6. The van der Waals surface area contributed by atoms with Gasteiger partial charge in [-0.2, -0.15) is 9.40 Å². The Morgan fingerprint density at radius 1 is 1.00 bits per heavy atom. The number of nitrogens with one attached hydrogen (secondary N) is 1. The predicted octanol–water partition coefficient (Wildman–Crippen LogP) is 4.62. The number of esters is 1. The van der Waals surface area contributed by atoms with Gasteiger partial charge in [-0.3, -0.25) is 15.0 Å². The van der Waals surface area contributed by atoms with E-state index in [0.717, 1.165) is 0 Å². The van der Waals surface area contributed by atoms with Gasteiger partial charge >= 0.3 is 5.97 Å². The number of rotatable bonds is 10. The molecule has 0 radical (unpaired) electrons. The number of carbonyl (C=O) groups is 1. The molecule has 1 saturated heterocycles. The highest BCUT2D eigenvalue weighted by molar-refractivity contribution is 7.89. The molecule has 1 aromatic heterocycles. The smallest absolute Gasteiger partial charge is 0.359 e. The van der Waals surface area contributed by atoms with Crippen LogP contribution in [0.4, 0.5) is 11.4 Å². The zero-order valence-electron chi connectivity index (χ0n) is 25.9. The minimum atomic E-state index is -4.08. The zero-order chi connectivity index (χ0) is 33.1. The minimum Gasteiger partial charge on any atom is -0.493 e. The van der Waals surface area contributed by atoms with E-state index in [0.29, 0.717) is 60.4 Å². The van der Waals surface area contributed by atoms with Crippen LogP contribution in [-0.2, 0) is 14.8 Å². The Labute approximate surface area is 271 Å². The van der Waals surface area contributed by atoms with Crippen LogP contribution in [0.5, 0.6) is 17.2 Å². The lowest BCUT2D eigenvalue weighted by Crippen LogP contribution is -2.50. The molecule has 0 unspecified atom stereocenters. The SMILES string of the molecule is CCOC(=O)c1c2c(nn1-c1ccc(Oc3ccccc3OC)cc1)[C@H](N1CCN(S(=O)(=O)c3ccccc3[N+](=O)[O-])CC1)CCN2. The first-order valence-corrected chi connectivity index (χ1v) is 16.6. The molecule has 0 bridgehead atoms. The number of nitrogens with zero attached hydrogens (tertiary/aromatic N) is 5. The number of aromatic nitrogens is 2. The number of carbonyl (C=O) groups excluding carboxylic acids is 1. The second kappa shape index (κ2) is 13.4. The quantitative estimate of drug-likeness (QED) is 0.143. The van der Waals surface area contributed by atoms with E-state index in [1.54, 1.807) is 55.1 Å². The third-order valence-electron chi connectivity index (χ3n) is 8.19. The van der Waals surface area contributed by atoms with E-state index in [1.165, 1.54) is 28.6 Å². The van der Waals surface area contributed by atoms with Crippen LogP contribution in [0.1, 0.15) is 35.6 Å². The van der Waals surface area contributed by atoms with Gasteiger partial charge in [0, 0.05) is 38.8 Å². The van der Waals surface area contributed by atoms with Crippen LogP contribution >= 0.6 is 0 Å². The highest BCUT2D eigenvalue weighted by Gasteiger charge is 2.39. The van der Waals surface area contributed by atoms with Gasteiger partial charge in [0.25, 0.3) is 5.69 Å². The predicted molar refractivity (Wildman–Crippen MR) is 172 cm³/mol. The number of hydrogen-bond donors (Lipinski definition) is 1. The number of hydrogen-bond acceptors (Lipinski definition) is 11. The first kappa shape index (κ1) is 32.0. The number of sulfonamides is 1. The molecule has 3 aromatic carbocycles. The summed E-state index contributed by atoms with van der Waals surface area (Å²) < 4.78 is 46.5. The van der Waals surface area contributed by atoms with E-state index in [4.69, 9.17) is 19.3 Å². The second-order valence-electron chi connectivity index (χ2n) is 10.9. The number of piperazine rings is 1. The monoisotopic (exact) mass is 662 g/mol. The van der Waals surface area contributed by atoms with Crippen LogP contribution in [0.2, 0.25) is 0 Å². The summed E-state index contributed by atoms with van der Waals surface area (Å²) in [5.74, 6) is 1.20. The number of ether oxygens (including phenoxy) is 3. The Balaban J connectivity index is 1.26. The lowest BCUT2D eigenvalue weighted by molar-refractivity contribution is -0.387. The fourth-order valence-corrected chi connectivity index (χ4v) is 7.53. The van der Waals surface area contributed by atoms with Gasteiger partial charge in [-0.25, -0.2) is 17.9 Å². The maximum atomic E-state index is 13.4. The summed E-state index contributed by atoms with van der Waals surface area (Å²) in [5, 5.41) is 19.8. The van der Waals surface area contributed by atoms with Crippen molar-refractivity contribution < 1.29 is 32.3 Å². The number of anilines is 1. The van der Waals surface area contributed by atoms with Crippen LogP contribution in [0.15, 0.2) is 77.7 Å². The average Bonchev–Trinajstić information content (AvgIpc) is 3.49. The zero-order valence-corrected chi connectivity index (χ0v) is 26.7. The summed E-state index contributed by atoms with van der Waals surface area (Å²) in [7, 11) is -2.51. The van der Waals surface area contributed by atoms with Crippen LogP contribution in [0, 0.1) is 10.1 Å². The van der Waals surface area contributed by atoms with E-state index < -0.39 is 26.6 Å². The summed E-state index contributed by atoms with van der Waals surface area (Å²) in [6.45, 7) is 3.53. The molecule has 1 atom stereocenters. The van der Waals surface area contributed by atoms with Crippen molar-refractivity contribution in [2.24, 2.45) is 0 Å². The van der Waals surface area contributed by atoms with Gasteiger partial charge in [0.05, 0.1) is 36.1 Å². The van der Waals surface area contributed by atoms with Gasteiger partial charge in [-0.1, -0.05) is 24.3 Å². The maximum absolute atomic E-state index is 13.4.